The lowest BCUT2D eigenvalue weighted by Crippen LogP contribution is -2.36. The smallest absolute Gasteiger partial charge is 0.150 e. The third kappa shape index (κ3) is 0.695. The summed E-state index contributed by atoms with van der Waals surface area (Å²) >= 11 is 3.62. The molecule has 0 radical (unpaired) electrons. The zero-order valence-electron chi connectivity index (χ0n) is 6.98. The molecular weight excluding hydrogens is 204 g/mol. The third-order valence-electron chi connectivity index (χ3n) is 3.75. The van der Waals surface area contributed by atoms with Gasteiger partial charge in [0, 0.05) is 6.42 Å². The summed E-state index contributed by atoms with van der Waals surface area (Å²) in [6.45, 7) is 4.43. The molecule has 2 aliphatic carbocycles. The van der Waals surface area contributed by atoms with Gasteiger partial charge in [0.15, 0.2) is 0 Å². The molecule has 0 amide bonds. The van der Waals surface area contributed by atoms with Crippen molar-refractivity contribution in [2.24, 2.45) is 11.3 Å². The fourth-order valence-electron chi connectivity index (χ4n) is 2.62. The van der Waals surface area contributed by atoms with Crippen molar-refractivity contribution in [2.45, 2.75) is 37.4 Å². The summed E-state index contributed by atoms with van der Waals surface area (Å²) in [6, 6.07) is 0. The van der Waals surface area contributed by atoms with Gasteiger partial charge in [0.1, 0.15) is 5.78 Å². The molecule has 2 aliphatic rings. The zero-order valence-corrected chi connectivity index (χ0v) is 8.57. The van der Waals surface area contributed by atoms with Gasteiger partial charge < -0.3 is 0 Å². The Labute approximate surface area is 75.7 Å². The predicted molar refractivity (Wildman–Crippen MR) is 47.8 cm³/mol. The molecule has 0 spiro atoms. The van der Waals surface area contributed by atoms with Crippen molar-refractivity contribution in [2.75, 3.05) is 0 Å². The number of alkyl halides is 1. The van der Waals surface area contributed by atoms with Crippen LogP contribution >= 0.6 is 15.9 Å². The molecule has 2 atom stereocenters. The highest BCUT2D eigenvalue weighted by molar-refractivity contribution is 9.10. The zero-order chi connectivity index (χ0) is 8.28. The van der Waals surface area contributed by atoms with Gasteiger partial charge >= 0.3 is 0 Å². The second-order valence-corrected chi connectivity index (χ2v) is 5.74. The molecule has 2 saturated carbocycles. The van der Waals surface area contributed by atoms with E-state index in [1.54, 1.807) is 0 Å². The topological polar surface area (TPSA) is 17.1 Å². The van der Waals surface area contributed by atoms with Gasteiger partial charge in [-0.2, -0.15) is 0 Å². The van der Waals surface area contributed by atoms with Crippen LogP contribution in [0.4, 0.5) is 0 Å². The minimum absolute atomic E-state index is 0.162. The van der Waals surface area contributed by atoms with Gasteiger partial charge in [-0.05, 0) is 24.2 Å². The maximum atomic E-state index is 11.5. The van der Waals surface area contributed by atoms with E-state index >= 15 is 0 Å². The molecule has 2 heteroatoms. The summed E-state index contributed by atoms with van der Waals surface area (Å²) < 4.78 is -0.162. The van der Waals surface area contributed by atoms with Gasteiger partial charge in [0.05, 0.1) is 4.32 Å². The average Bonchev–Trinajstić information content (AvgIpc) is 2.20. The number of rotatable bonds is 0. The molecule has 0 heterocycles. The number of carbonyl (C=O) groups is 1. The lowest BCUT2D eigenvalue weighted by Gasteiger charge is -2.30. The van der Waals surface area contributed by atoms with Crippen LogP contribution < -0.4 is 0 Å². The van der Waals surface area contributed by atoms with E-state index in [4.69, 9.17) is 0 Å². The van der Waals surface area contributed by atoms with Crippen LogP contribution in [0, 0.1) is 11.3 Å². The highest BCUT2D eigenvalue weighted by Crippen LogP contribution is 2.62. The monoisotopic (exact) mass is 216 g/mol. The SMILES string of the molecule is CC1(C)[C@H]2CC[C@]1(Br)C(=O)C2. The minimum atomic E-state index is -0.162. The van der Waals surface area contributed by atoms with E-state index in [1.807, 2.05) is 0 Å². The van der Waals surface area contributed by atoms with Gasteiger partial charge in [-0.25, -0.2) is 0 Å². The maximum Gasteiger partial charge on any atom is 0.150 e. The van der Waals surface area contributed by atoms with Crippen LogP contribution in [0.15, 0.2) is 0 Å². The number of carbonyl (C=O) groups excluding carboxylic acids is 1. The molecule has 0 N–H and O–H groups in total. The number of hydrogen-bond acceptors (Lipinski definition) is 1. The molecule has 0 aliphatic heterocycles. The quantitative estimate of drug-likeness (QED) is 0.570. The molecule has 0 saturated heterocycles. The lowest BCUT2D eigenvalue weighted by molar-refractivity contribution is -0.120. The lowest BCUT2D eigenvalue weighted by atomic mass is 9.82. The van der Waals surface area contributed by atoms with Crippen molar-refractivity contribution in [3.8, 4) is 0 Å². The van der Waals surface area contributed by atoms with Crippen molar-refractivity contribution >= 4 is 21.7 Å². The Morgan fingerprint density at radius 3 is 2.36 bits per heavy atom. The summed E-state index contributed by atoms with van der Waals surface area (Å²) in [7, 11) is 0. The number of halogens is 1. The summed E-state index contributed by atoms with van der Waals surface area (Å²) in [5, 5.41) is 0. The van der Waals surface area contributed by atoms with Gasteiger partial charge in [0.2, 0.25) is 0 Å². The first-order chi connectivity index (χ1) is 4.98. The highest BCUT2D eigenvalue weighted by atomic mass is 79.9. The van der Waals surface area contributed by atoms with E-state index in [0.717, 1.165) is 12.8 Å². The Morgan fingerprint density at radius 2 is 2.18 bits per heavy atom. The maximum absolute atomic E-state index is 11.5. The Balaban J connectivity index is 2.47. The third-order valence-corrected chi connectivity index (χ3v) is 5.61. The van der Waals surface area contributed by atoms with E-state index in [2.05, 4.69) is 29.8 Å². The Bertz CT molecular complexity index is 222. The normalized spacial score (nSPS) is 46.8. The highest BCUT2D eigenvalue weighted by Gasteiger charge is 2.62. The summed E-state index contributed by atoms with van der Waals surface area (Å²) in [5.41, 5.74) is 0.198. The van der Waals surface area contributed by atoms with E-state index in [1.165, 1.54) is 6.42 Å². The molecule has 1 nitrogen and oxygen atoms in total. The Morgan fingerprint density at radius 1 is 1.55 bits per heavy atom. The molecule has 0 aromatic rings. The largest absolute Gasteiger partial charge is 0.298 e. The number of fused-ring (bicyclic) bond motifs is 2. The molecule has 2 fully saturated rings. The van der Waals surface area contributed by atoms with Crippen LogP contribution in [-0.4, -0.2) is 10.1 Å². The second kappa shape index (κ2) is 1.90. The molecule has 2 bridgehead atoms. The van der Waals surface area contributed by atoms with Crippen LogP contribution in [0.25, 0.3) is 0 Å². The van der Waals surface area contributed by atoms with Crippen LogP contribution in [0.5, 0.6) is 0 Å². The molecule has 0 unspecified atom stereocenters. The predicted octanol–water partition coefficient (Wildman–Crippen LogP) is 2.53. The molecular formula is C9H13BrO. The average molecular weight is 217 g/mol. The van der Waals surface area contributed by atoms with Crippen molar-refractivity contribution in [3.05, 3.63) is 0 Å². The first kappa shape index (κ1) is 7.78. The molecule has 0 aromatic carbocycles. The van der Waals surface area contributed by atoms with Crippen molar-refractivity contribution < 1.29 is 4.79 Å². The fraction of sp³-hybridized carbons (Fsp3) is 0.889. The summed E-state index contributed by atoms with van der Waals surface area (Å²) in [5.74, 6) is 1.06. The van der Waals surface area contributed by atoms with E-state index in [-0.39, 0.29) is 9.74 Å². The van der Waals surface area contributed by atoms with Crippen LogP contribution in [0.1, 0.15) is 33.1 Å². The molecule has 2 rings (SSSR count). The Kier molecular flexibility index (Phi) is 1.34. The molecule has 62 valence electrons. The molecule has 11 heavy (non-hydrogen) atoms. The van der Waals surface area contributed by atoms with Crippen molar-refractivity contribution in [1.82, 2.24) is 0 Å². The van der Waals surface area contributed by atoms with Gasteiger partial charge in [-0.1, -0.05) is 29.8 Å². The number of Topliss-reactive ketones (excluding diaryl/α,β-unsaturated/α-hetero) is 1. The summed E-state index contributed by atoms with van der Waals surface area (Å²) in [4.78, 5) is 11.5. The van der Waals surface area contributed by atoms with E-state index < -0.39 is 0 Å². The Hall–Kier alpha value is 0.150. The van der Waals surface area contributed by atoms with E-state index in [9.17, 15) is 4.79 Å². The van der Waals surface area contributed by atoms with Crippen LogP contribution in [0.3, 0.4) is 0 Å². The summed E-state index contributed by atoms with van der Waals surface area (Å²) in [6.07, 6.45) is 3.08. The molecule has 0 aromatic heterocycles. The number of hydrogen-bond donors (Lipinski definition) is 0. The first-order valence-corrected chi connectivity index (χ1v) is 5.00. The van der Waals surface area contributed by atoms with Gasteiger partial charge in [-0.15, -0.1) is 0 Å². The van der Waals surface area contributed by atoms with Gasteiger partial charge in [0.25, 0.3) is 0 Å². The van der Waals surface area contributed by atoms with Crippen molar-refractivity contribution in [3.63, 3.8) is 0 Å². The van der Waals surface area contributed by atoms with E-state index in [0.29, 0.717) is 11.7 Å². The standard InChI is InChI=1S/C9H13BrO/c1-8(2)6-3-4-9(8,10)7(11)5-6/h6H,3-5H2,1-2H3/t6-,9-/m0/s1. The van der Waals surface area contributed by atoms with Gasteiger partial charge in [-0.3, -0.25) is 4.79 Å². The number of ketones is 1. The van der Waals surface area contributed by atoms with Crippen LogP contribution in [-0.2, 0) is 4.79 Å². The fourth-order valence-corrected chi connectivity index (χ4v) is 3.34. The second-order valence-electron chi connectivity index (χ2n) is 4.39. The minimum Gasteiger partial charge on any atom is -0.298 e. The van der Waals surface area contributed by atoms with Crippen LogP contribution in [0.2, 0.25) is 0 Å². The van der Waals surface area contributed by atoms with Crippen molar-refractivity contribution in [1.29, 1.82) is 0 Å². The first-order valence-electron chi connectivity index (χ1n) is 4.21.